The third-order valence-electron chi connectivity index (χ3n) is 2.90. The standard InChI is InChI=1S/C17H24O3S/c1-13(2)21-12-10-14(3)9-11-20-16-7-5-15(6-8-16)17(18)19-4/h5-9,13H,10-12H2,1-4H3. The number of esters is 1. The maximum atomic E-state index is 11.3. The summed E-state index contributed by atoms with van der Waals surface area (Å²) in [5.41, 5.74) is 1.87. The Labute approximate surface area is 131 Å². The molecule has 0 aromatic heterocycles. The largest absolute Gasteiger partial charge is 0.490 e. The van der Waals surface area contributed by atoms with E-state index in [1.54, 1.807) is 24.3 Å². The van der Waals surface area contributed by atoms with Crippen LogP contribution >= 0.6 is 11.8 Å². The van der Waals surface area contributed by atoms with Crippen LogP contribution in [0.3, 0.4) is 0 Å². The molecule has 0 N–H and O–H groups in total. The maximum Gasteiger partial charge on any atom is 0.337 e. The number of carbonyl (C=O) groups is 1. The van der Waals surface area contributed by atoms with Gasteiger partial charge >= 0.3 is 5.97 Å². The van der Waals surface area contributed by atoms with Crippen molar-refractivity contribution in [3.8, 4) is 5.75 Å². The van der Waals surface area contributed by atoms with Crippen LogP contribution in [0.5, 0.6) is 5.75 Å². The fourth-order valence-corrected chi connectivity index (χ4v) is 2.55. The van der Waals surface area contributed by atoms with Gasteiger partial charge in [0.15, 0.2) is 0 Å². The molecule has 0 saturated carbocycles. The summed E-state index contributed by atoms with van der Waals surface area (Å²) in [5.74, 6) is 1.57. The predicted octanol–water partition coefficient (Wildman–Crippen LogP) is 4.33. The summed E-state index contributed by atoms with van der Waals surface area (Å²) in [5, 5.41) is 0.683. The van der Waals surface area contributed by atoms with Crippen molar-refractivity contribution in [3.63, 3.8) is 0 Å². The molecule has 0 aliphatic rings. The van der Waals surface area contributed by atoms with Crippen LogP contribution in [0.15, 0.2) is 35.9 Å². The molecule has 116 valence electrons. The zero-order chi connectivity index (χ0) is 15.7. The smallest absolute Gasteiger partial charge is 0.337 e. The molecule has 1 rings (SSSR count). The van der Waals surface area contributed by atoms with Gasteiger partial charge in [0.2, 0.25) is 0 Å². The molecule has 1 aromatic carbocycles. The molecule has 0 heterocycles. The maximum absolute atomic E-state index is 11.3. The van der Waals surface area contributed by atoms with Crippen LogP contribution in [0.1, 0.15) is 37.6 Å². The van der Waals surface area contributed by atoms with Gasteiger partial charge in [-0.05, 0) is 54.7 Å². The first-order valence-corrected chi connectivity index (χ1v) is 8.16. The molecule has 3 nitrogen and oxygen atoms in total. The molecule has 21 heavy (non-hydrogen) atoms. The molecule has 4 heteroatoms. The lowest BCUT2D eigenvalue weighted by atomic mass is 10.2. The first-order chi connectivity index (χ1) is 10.0. The lowest BCUT2D eigenvalue weighted by molar-refractivity contribution is 0.0600. The molecule has 0 unspecified atom stereocenters. The van der Waals surface area contributed by atoms with Crippen LogP contribution < -0.4 is 4.74 Å². The van der Waals surface area contributed by atoms with Gasteiger partial charge < -0.3 is 9.47 Å². The summed E-state index contributed by atoms with van der Waals surface area (Å²) < 4.78 is 10.3. The van der Waals surface area contributed by atoms with Gasteiger partial charge in [-0.2, -0.15) is 11.8 Å². The molecule has 1 aromatic rings. The van der Waals surface area contributed by atoms with Crippen LogP contribution in [-0.4, -0.2) is 30.7 Å². The average Bonchev–Trinajstić information content (AvgIpc) is 2.46. The first-order valence-electron chi connectivity index (χ1n) is 7.11. The van der Waals surface area contributed by atoms with Gasteiger partial charge in [-0.1, -0.05) is 19.4 Å². The van der Waals surface area contributed by atoms with Crippen molar-refractivity contribution in [2.45, 2.75) is 32.4 Å². The third-order valence-corrected chi connectivity index (χ3v) is 4.01. The number of hydrogen-bond donors (Lipinski definition) is 0. The normalized spacial score (nSPS) is 11.6. The summed E-state index contributed by atoms with van der Waals surface area (Å²) in [6, 6.07) is 6.97. The van der Waals surface area contributed by atoms with Crippen molar-refractivity contribution in [2.24, 2.45) is 0 Å². The van der Waals surface area contributed by atoms with Crippen LogP contribution in [0, 0.1) is 0 Å². The Hall–Kier alpha value is -1.42. The minimum atomic E-state index is -0.333. The van der Waals surface area contributed by atoms with Gasteiger partial charge in [0, 0.05) is 0 Å². The Morgan fingerprint density at radius 1 is 1.29 bits per heavy atom. The average molecular weight is 308 g/mol. The van der Waals surface area contributed by atoms with Gasteiger partial charge in [-0.15, -0.1) is 0 Å². The quantitative estimate of drug-likeness (QED) is 0.529. The van der Waals surface area contributed by atoms with Crippen LogP contribution in [0.25, 0.3) is 0 Å². The van der Waals surface area contributed by atoms with E-state index in [1.165, 1.54) is 12.7 Å². The second-order valence-corrected chi connectivity index (χ2v) is 6.73. The number of thioether (sulfide) groups is 1. The molecule has 0 aliphatic heterocycles. The lowest BCUT2D eigenvalue weighted by Gasteiger charge is -2.07. The highest BCUT2D eigenvalue weighted by atomic mass is 32.2. The van der Waals surface area contributed by atoms with E-state index in [0.717, 1.165) is 17.9 Å². The van der Waals surface area contributed by atoms with Crippen molar-refractivity contribution in [2.75, 3.05) is 19.5 Å². The zero-order valence-electron chi connectivity index (χ0n) is 13.2. The van der Waals surface area contributed by atoms with E-state index in [1.807, 2.05) is 11.8 Å². The van der Waals surface area contributed by atoms with Gasteiger partial charge in [-0.3, -0.25) is 0 Å². The van der Waals surface area contributed by atoms with E-state index in [2.05, 4.69) is 31.6 Å². The van der Waals surface area contributed by atoms with E-state index in [4.69, 9.17) is 4.74 Å². The topological polar surface area (TPSA) is 35.5 Å². The number of benzene rings is 1. The molecule has 0 aliphatic carbocycles. The van der Waals surface area contributed by atoms with Crippen molar-refractivity contribution in [1.82, 2.24) is 0 Å². The molecule has 0 amide bonds. The summed E-state index contributed by atoms with van der Waals surface area (Å²) >= 11 is 1.97. The first kappa shape index (κ1) is 17.6. The van der Waals surface area contributed by atoms with Crippen LogP contribution in [-0.2, 0) is 4.74 Å². The molecular weight excluding hydrogens is 284 g/mol. The van der Waals surface area contributed by atoms with Crippen LogP contribution in [0.2, 0.25) is 0 Å². The Morgan fingerprint density at radius 3 is 2.52 bits per heavy atom. The van der Waals surface area contributed by atoms with E-state index >= 15 is 0 Å². The number of allylic oxidation sites excluding steroid dienone is 1. The lowest BCUT2D eigenvalue weighted by Crippen LogP contribution is -2.01. The fourth-order valence-electron chi connectivity index (χ4n) is 1.64. The monoisotopic (exact) mass is 308 g/mol. The Bertz CT molecular complexity index is 463. The summed E-state index contributed by atoms with van der Waals surface area (Å²) in [6.45, 7) is 7.11. The van der Waals surface area contributed by atoms with Gasteiger partial charge in [0.25, 0.3) is 0 Å². The summed E-state index contributed by atoms with van der Waals surface area (Å²) in [6.07, 6.45) is 3.20. The predicted molar refractivity (Wildman–Crippen MR) is 89.2 cm³/mol. The Balaban J connectivity index is 2.36. The SMILES string of the molecule is COC(=O)c1ccc(OCC=C(C)CCSC(C)C)cc1. The molecular formula is C17H24O3S. The van der Waals surface area contributed by atoms with Crippen LogP contribution in [0.4, 0.5) is 0 Å². The van der Waals surface area contributed by atoms with Crippen molar-refractivity contribution in [1.29, 1.82) is 0 Å². The third kappa shape index (κ3) is 7.23. The van der Waals surface area contributed by atoms with E-state index in [9.17, 15) is 4.79 Å². The zero-order valence-corrected chi connectivity index (χ0v) is 14.0. The Kier molecular flexibility index (Phi) is 7.98. The second kappa shape index (κ2) is 9.50. The number of carbonyl (C=O) groups excluding carboxylic acids is 1. The minimum absolute atomic E-state index is 0.333. The van der Waals surface area contributed by atoms with Crippen molar-refractivity contribution >= 4 is 17.7 Å². The molecule has 0 fully saturated rings. The van der Waals surface area contributed by atoms with Crippen molar-refractivity contribution in [3.05, 3.63) is 41.5 Å². The molecule has 0 bridgehead atoms. The van der Waals surface area contributed by atoms with Gasteiger partial charge in [-0.25, -0.2) is 4.79 Å². The minimum Gasteiger partial charge on any atom is -0.490 e. The van der Waals surface area contributed by atoms with E-state index in [-0.39, 0.29) is 5.97 Å². The molecule has 0 spiro atoms. The Morgan fingerprint density at radius 2 is 1.95 bits per heavy atom. The highest BCUT2D eigenvalue weighted by Gasteiger charge is 2.04. The summed E-state index contributed by atoms with van der Waals surface area (Å²) in [7, 11) is 1.37. The molecule has 0 saturated heterocycles. The van der Waals surface area contributed by atoms with Crippen molar-refractivity contribution < 1.29 is 14.3 Å². The number of ether oxygens (including phenoxy) is 2. The highest BCUT2D eigenvalue weighted by Crippen LogP contribution is 2.15. The summed E-state index contributed by atoms with van der Waals surface area (Å²) in [4.78, 5) is 11.3. The number of hydrogen-bond acceptors (Lipinski definition) is 4. The number of rotatable bonds is 8. The molecule has 0 atom stereocenters. The second-order valence-electron chi connectivity index (χ2n) is 5.05. The highest BCUT2D eigenvalue weighted by molar-refractivity contribution is 7.99. The van der Waals surface area contributed by atoms with E-state index in [0.29, 0.717) is 17.4 Å². The van der Waals surface area contributed by atoms with E-state index < -0.39 is 0 Å². The fraction of sp³-hybridized carbons (Fsp3) is 0.471. The van der Waals surface area contributed by atoms with Gasteiger partial charge in [0.1, 0.15) is 12.4 Å². The number of methoxy groups -OCH3 is 1. The molecule has 0 radical (unpaired) electrons. The van der Waals surface area contributed by atoms with Gasteiger partial charge in [0.05, 0.1) is 12.7 Å².